The van der Waals surface area contributed by atoms with E-state index in [9.17, 15) is 20.0 Å². The average molecular weight is 298 g/mol. The van der Waals surface area contributed by atoms with Crippen LogP contribution in [0.4, 0.5) is 5.69 Å². The first kappa shape index (κ1) is 15.2. The summed E-state index contributed by atoms with van der Waals surface area (Å²) in [6, 6.07) is 13.0. The minimum atomic E-state index is -0.756. The fraction of sp³-hybridized carbons (Fsp3) is 0.0667. The molecule has 0 heterocycles. The molecule has 0 aliphatic heterocycles. The van der Waals surface area contributed by atoms with E-state index in [1.165, 1.54) is 12.1 Å². The number of amides is 1. The molecule has 0 saturated carbocycles. The third kappa shape index (κ3) is 3.89. The van der Waals surface area contributed by atoms with E-state index in [0.29, 0.717) is 0 Å². The van der Waals surface area contributed by atoms with Gasteiger partial charge < -0.3 is 5.11 Å². The maximum atomic E-state index is 11.7. The summed E-state index contributed by atoms with van der Waals surface area (Å²) in [6.45, 7) is 0. The highest BCUT2D eigenvalue weighted by molar-refractivity contribution is 5.87. The van der Waals surface area contributed by atoms with Crippen molar-refractivity contribution in [1.29, 1.82) is 0 Å². The van der Waals surface area contributed by atoms with Crippen molar-refractivity contribution in [1.82, 2.24) is 5.43 Å². The van der Waals surface area contributed by atoms with Gasteiger partial charge in [0, 0.05) is 6.07 Å². The summed E-state index contributed by atoms with van der Waals surface area (Å²) in [6.07, 6.45) is 1.25. The zero-order valence-electron chi connectivity index (χ0n) is 11.4. The molecule has 1 N–H and O–H groups in total. The van der Waals surface area contributed by atoms with Gasteiger partial charge in [0.1, 0.15) is 0 Å². The average Bonchev–Trinajstić information content (AvgIpc) is 2.49. The zero-order chi connectivity index (χ0) is 15.9. The Balaban J connectivity index is 1.99. The topological polar surface area (TPSA) is 108 Å². The third-order valence-electron chi connectivity index (χ3n) is 2.82. The number of nitrogens with one attached hydrogen (secondary N) is 1. The van der Waals surface area contributed by atoms with E-state index in [2.05, 4.69) is 10.5 Å². The Morgan fingerprint density at radius 2 is 1.91 bits per heavy atom. The fourth-order valence-electron chi connectivity index (χ4n) is 1.78. The van der Waals surface area contributed by atoms with E-state index in [1.807, 2.05) is 18.2 Å². The number of rotatable bonds is 5. The Morgan fingerprint density at radius 3 is 2.59 bits per heavy atom. The number of carbonyl (C=O) groups excluding carboxylic acids is 1. The molecule has 2 aromatic carbocycles. The lowest BCUT2D eigenvalue weighted by molar-refractivity contribution is -0.398. The molecule has 0 bridgehead atoms. The fourth-order valence-corrected chi connectivity index (χ4v) is 1.78. The van der Waals surface area contributed by atoms with Crippen molar-refractivity contribution in [2.24, 2.45) is 5.10 Å². The van der Waals surface area contributed by atoms with Crippen LogP contribution in [0, 0.1) is 10.1 Å². The summed E-state index contributed by atoms with van der Waals surface area (Å²) in [5.41, 5.74) is 2.61. The third-order valence-corrected chi connectivity index (χ3v) is 2.82. The van der Waals surface area contributed by atoms with Gasteiger partial charge in [-0.05, 0) is 16.9 Å². The van der Waals surface area contributed by atoms with Crippen LogP contribution < -0.4 is 10.5 Å². The Bertz CT molecular complexity index is 714. The second-order valence-electron chi connectivity index (χ2n) is 4.41. The molecule has 0 atom stereocenters. The molecule has 0 aromatic heterocycles. The van der Waals surface area contributed by atoms with Gasteiger partial charge in [0.15, 0.2) is 0 Å². The number of nitrogens with zero attached hydrogens (tertiary/aromatic N) is 2. The largest absolute Gasteiger partial charge is 0.867 e. The molecule has 1 amide bonds. The Hall–Kier alpha value is -3.22. The van der Waals surface area contributed by atoms with Crippen LogP contribution >= 0.6 is 0 Å². The van der Waals surface area contributed by atoms with Crippen molar-refractivity contribution < 1.29 is 14.8 Å². The van der Waals surface area contributed by atoms with Crippen molar-refractivity contribution in [2.75, 3.05) is 0 Å². The van der Waals surface area contributed by atoms with Gasteiger partial charge in [0.05, 0.1) is 17.6 Å². The zero-order valence-corrected chi connectivity index (χ0v) is 11.4. The number of nitro benzene ring substituents is 1. The number of nitro groups is 1. The first-order valence-corrected chi connectivity index (χ1v) is 6.38. The Kier molecular flexibility index (Phi) is 4.81. The van der Waals surface area contributed by atoms with E-state index in [0.717, 1.165) is 17.8 Å². The summed E-state index contributed by atoms with van der Waals surface area (Å²) in [7, 11) is 0. The molecule has 0 aliphatic rings. The molecule has 7 heteroatoms. The minimum absolute atomic E-state index is 0.0363. The molecule has 0 unspecified atom stereocenters. The molecule has 2 aromatic rings. The lowest BCUT2D eigenvalue weighted by Gasteiger charge is -2.09. The molecule has 0 fully saturated rings. The number of hydrogen-bond acceptors (Lipinski definition) is 5. The SMILES string of the molecule is O=C(Cc1ccccc1)N/N=C\c1cccc([N+](=O)[O-])c1[O-]. The number of hydrazone groups is 1. The van der Waals surface area contributed by atoms with Crippen LogP contribution in [0.2, 0.25) is 0 Å². The van der Waals surface area contributed by atoms with Crippen LogP contribution in [0.1, 0.15) is 11.1 Å². The predicted octanol–water partition coefficient (Wildman–Crippen LogP) is 1.36. The monoisotopic (exact) mass is 298 g/mol. The van der Waals surface area contributed by atoms with Crippen molar-refractivity contribution >= 4 is 17.8 Å². The van der Waals surface area contributed by atoms with E-state index in [4.69, 9.17) is 0 Å². The maximum absolute atomic E-state index is 11.7. The minimum Gasteiger partial charge on any atom is -0.867 e. The second-order valence-corrected chi connectivity index (χ2v) is 4.41. The van der Waals surface area contributed by atoms with Crippen LogP contribution in [0.3, 0.4) is 0 Å². The van der Waals surface area contributed by atoms with Crippen molar-refractivity contribution in [2.45, 2.75) is 6.42 Å². The van der Waals surface area contributed by atoms with Gasteiger partial charge in [-0.1, -0.05) is 42.5 Å². The molecule has 2 rings (SSSR count). The maximum Gasteiger partial charge on any atom is 0.262 e. The highest BCUT2D eigenvalue weighted by Crippen LogP contribution is 2.24. The Morgan fingerprint density at radius 1 is 1.18 bits per heavy atom. The van der Waals surface area contributed by atoms with Crippen LogP contribution in [-0.4, -0.2) is 17.0 Å². The standard InChI is InChI=1S/C15H13N3O4/c19-14(9-11-5-2-1-3-6-11)17-16-10-12-7-4-8-13(15(12)20)18(21)22/h1-8,10,20H,9H2,(H,17,19)/p-1/b16-10-. The van der Waals surface area contributed by atoms with Gasteiger partial charge in [-0.2, -0.15) is 5.10 Å². The number of benzene rings is 2. The lowest BCUT2D eigenvalue weighted by Crippen LogP contribution is -2.19. The van der Waals surface area contributed by atoms with Crippen LogP contribution in [0.15, 0.2) is 53.6 Å². The highest BCUT2D eigenvalue weighted by Gasteiger charge is 2.08. The molecule has 7 nitrogen and oxygen atoms in total. The molecular weight excluding hydrogens is 286 g/mol. The van der Waals surface area contributed by atoms with Gasteiger partial charge in [0.25, 0.3) is 5.69 Å². The summed E-state index contributed by atoms with van der Waals surface area (Å²) in [5, 5.41) is 26.0. The number of hydrogen-bond donors (Lipinski definition) is 1. The van der Waals surface area contributed by atoms with Gasteiger partial charge in [0.2, 0.25) is 5.91 Å². The number of carbonyl (C=O) groups is 1. The van der Waals surface area contributed by atoms with E-state index in [-0.39, 0.29) is 17.9 Å². The summed E-state index contributed by atoms with van der Waals surface area (Å²) in [5.74, 6) is -1.09. The first-order chi connectivity index (χ1) is 10.6. The van der Waals surface area contributed by atoms with E-state index >= 15 is 0 Å². The first-order valence-electron chi connectivity index (χ1n) is 6.38. The van der Waals surface area contributed by atoms with Gasteiger partial charge >= 0.3 is 0 Å². The summed E-state index contributed by atoms with van der Waals surface area (Å²) in [4.78, 5) is 21.5. The van der Waals surface area contributed by atoms with Crippen LogP contribution in [0.25, 0.3) is 0 Å². The van der Waals surface area contributed by atoms with Crippen molar-refractivity contribution in [3.8, 4) is 5.75 Å². The van der Waals surface area contributed by atoms with Crippen LogP contribution in [-0.2, 0) is 11.2 Å². The quantitative estimate of drug-likeness (QED) is 0.510. The lowest BCUT2D eigenvalue weighted by atomic mass is 10.1. The molecule has 0 radical (unpaired) electrons. The normalized spacial score (nSPS) is 10.5. The highest BCUT2D eigenvalue weighted by atomic mass is 16.6. The second kappa shape index (κ2) is 6.98. The summed E-state index contributed by atoms with van der Waals surface area (Å²) < 4.78 is 0. The van der Waals surface area contributed by atoms with Crippen molar-refractivity contribution in [3.63, 3.8) is 0 Å². The van der Waals surface area contributed by atoms with Crippen molar-refractivity contribution in [3.05, 3.63) is 69.8 Å². The van der Waals surface area contributed by atoms with E-state index in [1.54, 1.807) is 12.1 Å². The Labute approximate surface area is 126 Å². The summed E-state index contributed by atoms with van der Waals surface area (Å²) >= 11 is 0. The van der Waals surface area contributed by atoms with E-state index < -0.39 is 16.4 Å². The molecule has 0 spiro atoms. The molecular formula is C15H12N3O4-. The van der Waals surface area contributed by atoms with Gasteiger partial charge in [-0.15, -0.1) is 0 Å². The molecule has 0 aliphatic carbocycles. The number of para-hydroxylation sites is 1. The van der Waals surface area contributed by atoms with Gasteiger partial charge in [-0.3, -0.25) is 14.9 Å². The van der Waals surface area contributed by atoms with Crippen LogP contribution in [0.5, 0.6) is 5.75 Å². The van der Waals surface area contributed by atoms with Gasteiger partial charge in [-0.25, -0.2) is 5.43 Å². The molecule has 112 valence electrons. The molecule has 0 saturated heterocycles. The smallest absolute Gasteiger partial charge is 0.262 e. The molecule has 22 heavy (non-hydrogen) atoms. The predicted molar refractivity (Wildman–Crippen MR) is 78.4 cm³/mol.